The molecule has 6 aliphatic carbocycles. The molecular weight excluding hydrogens is 428 g/mol. The number of esters is 1. The molecule has 6 saturated carbocycles. The van der Waals surface area contributed by atoms with Crippen LogP contribution >= 0.6 is 0 Å². The highest BCUT2D eigenvalue weighted by atomic mass is 16.6. The summed E-state index contributed by atoms with van der Waals surface area (Å²) in [5.41, 5.74) is 0.235. The van der Waals surface area contributed by atoms with Gasteiger partial charge >= 0.3 is 5.97 Å². The number of carbonyl (C=O) groups is 1. The summed E-state index contributed by atoms with van der Waals surface area (Å²) in [6.07, 6.45) is 13.2. The van der Waals surface area contributed by atoms with E-state index in [0.29, 0.717) is 5.41 Å². The molecule has 0 aliphatic heterocycles. The van der Waals surface area contributed by atoms with Gasteiger partial charge in [0.2, 0.25) is 0 Å². The molecule has 2 heteroatoms. The smallest absolute Gasteiger partial charge is 0.313 e. The van der Waals surface area contributed by atoms with Gasteiger partial charge in [0.25, 0.3) is 0 Å². The Labute approximate surface area is 216 Å². The molecule has 0 aromatic rings. The topological polar surface area (TPSA) is 26.3 Å². The minimum absolute atomic E-state index is 0.0587. The van der Waals surface area contributed by atoms with E-state index in [1.54, 1.807) is 0 Å². The van der Waals surface area contributed by atoms with Gasteiger partial charge in [-0.25, -0.2) is 0 Å². The average Bonchev–Trinajstić information content (AvgIpc) is 3.14. The first-order valence-corrected chi connectivity index (χ1v) is 15.3. The molecule has 0 N–H and O–H groups in total. The Hall–Kier alpha value is -0.530. The van der Waals surface area contributed by atoms with Gasteiger partial charge in [-0.1, -0.05) is 54.9 Å². The van der Waals surface area contributed by atoms with Crippen LogP contribution in [0.4, 0.5) is 0 Å². The van der Waals surface area contributed by atoms with Gasteiger partial charge in [-0.2, -0.15) is 0 Å². The van der Waals surface area contributed by atoms with Gasteiger partial charge < -0.3 is 4.74 Å². The van der Waals surface area contributed by atoms with E-state index in [1.807, 2.05) is 0 Å². The highest BCUT2D eigenvalue weighted by Crippen LogP contribution is 2.76. The zero-order valence-corrected chi connectivity index (χ0v) is 24.4. The lowest BCUT2D eigenvalue weighted by atomic mass is 9.43. The average molecular weight is 483 g/mol. The number of carbonyl (C=O) groups excluding carboxylic acids is 1. The molecule has 35 heavy (non-hydrogen) atoms. The first-order valence-electron chi connectivity index (χ1n) is 15.3. The Bertz CT molecular complexity index is 909. The predicted molar refractivity (Wildman–Crippen MR) is 143 cm³/mol. The summed E-state index contributed by atoms with van der Waals surface area (Å²) in [6.45, 7) is 21.3. The van der Waals surface area contributed by atoms with Crippen molar-refractivity contribution in [3.8, 4) is 0 Å². The van der Waals surface area contributed by atoms with Crippen LogP contribution in [-0.4, -0.2) is 11.6 Å². The molecule has 6 fully saturated rings. The molecule has 198 valence electrons. The minimum Gasteiger partial charge on any atom is -0.459 e. The van der Waals surface area contributed by atoms with Crippen molar-refractivity contribution in [2.45, 2.75) is 132 Å². The monoisotopic (exact) mass is 482 g/mol. The maximum atomic E-state index is 14.2. The zero-order chi connectivity index (χ0) is 25.4. The van der Waals surface area contributed by atoms with E-state index < -0.39 is 0 Å². The second kappa shape index (κ2) is 7.11. The minimum atomic E-state index is -0.373. The molecular formula is C33H54O2. The predicted octanol–water partition coefficient (Wildman–Crippen LogP) is 8.68. The van der Waals surface area contributed by atoms with E-state index in [4.69, 9.17) is 4.74 Å². The lowest BCUT2D eigenvalue weighted by Gasteiger charge is -2.63. The van der Waals surface area contributed by atoms with E-state index in [-0.39, 0.29) is 33.2 Å². The van der Waals surface area contributed by atoms with Gasteiger partial charge in [0, 0.05) is 5.41 Å². The highest BCUT2D eigenvalue weighted by molar-refractivity contribution is 5.82. The van der Waals surface area contributed by atoms with Crippen molar-refractivity contribution in [3.63, 3.8) is 0 Å². The number of hydrogen-bond donors (Lipinski definition) is 0. The lowest BCUT2D eigenvalue weighted by molar-refractivity contribution is -0.222. The molecule has 10 unspecified atom stereocenters. The van der Waals surface area contributed by atoms with Crippen LogP contribution in [0.2, 0.25) is 0 Å². The number of rotatable bonds is 5. The van der Waals surface area contributed by atoms with Crippen molar-refractivity contribution < 1.29 is 9.53 Å². The van der Waals surface area contributed by atoms with Crippen molar-refractivity contribution in [1.82, 2.24) is 0 Å². The Morgan fingerprint density at radius 1 is 0.886 bits per heavy atom. The van der Waals surface area contributed by atoms with Crippen LogP contribution in [0, 0.1) is 68.5 Å². The quantitative estimate of drug-likeness (QED) is 0.366. The van der Waals surface area contributed by atoms with Gasteiger partial charge in [-0.15, -0.1) is 0 Å². The molecule has 0 heterocycles. The van der Waals surface area contributed by atoms with Crippen molar-refractivity contribution in [3.05, 3.63) is 0 Å². The Kier molecular flexibility index (Phi) is 5.03. The van der Waals surface area contributed by atoms with E-state index in [1.165, 1.54) is 51.4 Å². The van der Waals surface area contributed by atoms with Crippen LogP contribution in [0.25, 0.3) is 0 Å². The third-order valence-electron chi connectivity index (χ3n) is 13.7. The van der Waals surface area contributed by atoms with Crippen LogP contribution in [-0.2, 0) is 9.53 Å². The second-order valence-corrected chi connectivity index (χ2v) is 17.4. The molecule has 0 radical (unpaired) electrons. The Balaban J connectivity index is 1.38. The van der Waals surface area contributed by atoms with Gasteiger partial charge in [0.1, 0.15) is 5.60 Å². The van der Waals surface area contributed by atoms with Crippen molar-refractivity contribution in [2.24, 2.45) is 68.5 Å². The molecule has 0 amide bonds. The molecule has 10 atom stereocenters. The molecule has 6 rings (SSSR count). The van der Waals surface area contributed by atoms with E-state index >= 15 is 0 Å². The molecule has 0 aromatic heterocycles. The molecule has 6 aliphatic rings. The summed E-state index contributed by atoms with van der Waals surface area (Å²) in [4.78, 5) is 14.2. The SMILES string of the molecule is CCC1(C)CC2CC3CC1CC1C4CC(CC24)CC31C(C)(C)OC(=O)C1(CC(C)(C)C)CC1(C)C. The zero-order valence-electron chi connectivity index (χ0n) is 24.4. The summed E-state index contributed by atoms with van der Waals surface area (Å²) in [5.74, 6) is 6.14. The molecule has 2 nitrogen and oxygen atoms in total. The van der Waals surface area contributed by atoms with Gasteiger partial charge in [-0.3, -0.25) is 4.79 Å². The number of ether oxygens (including phenoxy) is 1. The number of fused-ring (bicyclic) bond motifs is 4. The second-order valence-electron chi connectivity index (χ2n) is 17.4. The normalized spacial score (nSPS) is 51.3. The van der Waals surface area contributed by atoms with Gasteiger partial charge in [0.05, 0.1) is 5.41 Å². The molecule has 7 bridgehead atoms. The maximum absolute atomic E-state index is 14.2. The number of hydrogen-bond acceptors (Lipinski definition) is 2. The molecule has 0 saturated heterocycles. The summed E-state index contributed by atoms with van der Waals surface area (Å²) >= 11 is 0. The summed E-state index contributed by atoms with van der Waals surface area (Å²) in [7, 11) is 0. The van der Waals surface area contributed by atoms with Gasteiger partial charge in [-0.05, 0) is 129 Å². The fourth-order valence-corrected chi connectivity index (χ4v) is 12.0. The third kappa shape index (κ3) is 3.22. The summed E-state index contributed by atoms with van der Waals surface area (Å²) < 4.78 is 6.95. The lowest BCUT2D eigenvalue weighted by Crippen LogP contribution is -2.62. The van der Waals surface area contributed by atoms with Crippen molar-refractivity contribution in [1.29, 1.82) is 0 Å². The van der Waals surface area contributed by atoms with Crippen molar-refractivity contribution in [2.75, 3.05) is 0 Å². The Morgan fingerprint density at radius 2 is 1.54 bits per heavy atom. The standard InChI is InChI=1S/C33H54O2/c1-10-31(9)17-21-13-23-14-22(31)15-26-25-12-20(11-24(21)25)16-33(23,26)30(7,8)35-27(34)32(18-28(2,3)4)19-29(32,5)6/h20-26H,10-19H2,1-9H3. The summed E-state index contributed by atoms with van der Waals surface area (Å²) in [6, 6.07) is 0. The fraction of sp³-hybridized carbons (Fsp3) is 0.970. The third-order valence-corrected chi connectivity index (χ3v) is 13.7. The van der Waals surface area contributed by atoms with E-state index in [9.17, 15) is 4.79 Å². The fourth-order valence-electron chi connectivity index (χ4n) is 12.0. The van der Waals surface area contributed by atoms with Gasteiger partial charge in [0.15, 0.2) is 0 Å². The molecule has 0 spiro atoms. The largest absolute Gasteiger partial charge is 0.459 e. The van der Waals surface area contributed by atoms with Crippen molar-refractivity contribution >= 4 is 5.97 Å². The van der Waals surface area contributed by atoms with Crippen LogP contribution < -0.4 is 0 Å². The van der Waals surface area contributed by atoms with Crippen LogP contribution in [0.5, 0.6) is 0 Å². The van der Waals surface area contributed by atoms with E-state index in [2.05, 4.69) is 62.3 Å². The first kappa shape index (κ1) is 24.8. The maximum Gasteiger partial charge on any atom is 0.313 e. The Morgan fingerprint density at radius 3 is 2.14 bits per heavy atom. The molecule has 0 aromatic carbocycles. The first-order chi connectivity index (χ1) is 16.1. The highest BCUT2D eigenvalue weighted by Gasteiger charge is 2.73. The van der Waals surface area contributed by atoms with E-state index in [0.717, 1.165) is 54.3 Å². The van der Waals surface area contributed by atoms with Crippen LogP contribution in [0.15, 0.2) is 0 Å². The summed E-state index contributed by atoms with van der Waals surface area (Å²) in [5, 5.41) is 0. The van der Waals surface area contributed by atoms with Crippen LogP contribution in [0.3, 0.4) is 0 Å². The van der Waals surface area contributed by atoms with Crippen LogP contribution in [0.1, 0.15) is 127 Å².